The first kappa shape index (κ1) is 13.7. The lowest BCUT2D eigenvalue weighted by Crippen LogP contribution is -2.24. The number of halogens is 1. The Morgan fingerprint density at radius 3 is 2.56 bits per heavy atom. The van der Waals surface area contributed by atoms with Crippen LogP contribution in [-0.2, 0) is 10.0 Å². The maximum absolute atomic E-state index is 11.9. The Morgan fingerprint density at radius 2 is 2.00 bits per heavy atom. The minimum absolute atomic E-state index is 0.315. The van der Waals surface area contributed by atoms with E-state index < -0.39 is 10.0 Å². The monoisotopic (exact) mass is 305 g/mol. The van der Waals surface area contributed by atoms with E-state index in [2.05, 4.69) is 20.7 Å². The molecular formula is C11H16BrNO2S. The predicted octanol–water partition coefficient (Wildman–Crippen LogP) is 2.84. The van der Waals surface area contributed by atoms with E-state index in [0.717, 1.165) is 22.9 Å². The minimum Gasteiger partial charge on any atom is -0.211 e. The summed E-state index contributed by atoms with van der Waals surface area (Å²) in [5.74, 6) is 0. The Labute approximate surface area is 105 Å². The van der Waals surface area contributed by atoms with Crippen LogP contribution in [0.15, 0.2) is 27.6 Å². The normalized spacial score (nSPS) is 11.7. The number of sulfonamides is 1. The van der Waals surface area contributed by atoms with Crippen molar-refractivity contribution >= 4 is 26.0 Å². The lowest BCUT2D eigenvalue weighted by atomic mass is 10.2. The zero-order chi connectivity index (χ0) is 12.2. The maximum Gasteiger partial charge on any atom is 0.240 e. The number of hydrogen-bond acceptors (Lipinski definition) is 2. The number of unbranched alkanes of at least 4 members (excludes halogenated alkanes) is 1. The highest BCUT2D eigenvalue weighted by molar-refractivity contribution is 9.10. The molecule has 0 radical (unpaired) electrons. The molecule has 0 aliphatic carbocycles. The van der Waals surface area contributed by atoms with E-state index >= 15 is 0 Å². The number of hydrogen-bond donors (Lipinski definition) is 1. The summed E-state index contributed by atoms with van der Waals surface area (Å²) in [5.41, 5.74) is 0.922. The Balaban J connectivity index is 2.89. The summed E-state index contributed by atoms with van der Waals surface area (Å²) in [7, 11) is -3.36. The van der Waals surface area contributed by atoms with Crippen molar-refractivity contribution in [1.29, 1.82) is 0 Å². The Morgan fingerprint density at radius 1 is 1.31 bits per heavy atom. The summed E-state index contributed by atoms with van der Waals surface area (Å²) < 4.78 is 27.1. The highest BCUT2D eigenvalue weighted by Crippen LogP contribution is 2.18. The first-order chi connectivity index (χ1) is 7.45. The molecule has 0 atom stereocenters. The highest BCUT2D eigenvalue weighted by Gasteiger charge is 2.13. The van der Waals surface area contributed by atoms with Crippen LogP contribution in [0.3, 0.4) is 0 Å². The topological polar surface area (TPSA) is 46.2 Å². The number of aryl methyl sites for hydroxylation is 1. The molecule has 3 nitrogen and oxygen atoms in total. The second-order valence-corrected chi connectivity index (χ2v) is 6.40. The highest BCUT2D eigenvalue weighted by atomic mass is 79.9. The van der Waals surface area contributed by atoms with Crippen molar-refractivity contribution in [2.45, 2.75) is 31.6 Å². The molecule has 0 heterocycles. The van der Waals surface area contributed by atoms with Gasteiger partial charge in [0.15, 0.2) is 0 Å². The van der Waals surface area contributed by atoms with Gasteiger partial charge < -0.3 is 0 Å². The summed E-state index contributed by atoms with van der Waals surface area (Å²) >= 11 is 3.30. The van der Waals surface area contributed by atoms with Crippen molar-refractivity contribution in [3.8, 4) is 0 Å². The van der Waals surface area contributed by atoms with E-state index in [1.165, 1.54) is 0 Å². The van der Waals surface area contributed by atoms with Gasteiger partial charge in [0.25, 0.3) is 0 Å². The lowest BCUT2D eigenvalue weighted by molar-refractivity contribution is 0.578. The van der Waals surface area contributed by atoms with Gasteiger partial charge in [-0.2, -0.15) is 0 Å². The van der Waals surface area contributed by atoms with Crippen molar-refractivity contribution in [1.82, 2.24) is 4.72 Å². The fourth-order valence-corrected chi connectivity index (χ4v) is 3.29. The van der Waals surface area contributed by atoms with E-state index in [9.17, 15) is 8.42 Å². The van der Waals surface area contributed by atoms with E-state index in [1.54, 1.807) is 12.1 Å². The standard InChI is InChI=1S/C11H16BrNO2S/c1-3-4-5-13-16(14,15)11-7-9(2)6-10(12)8-11/h6-8,13H,3-5H2,1-2H3. The third-order valence-electron chi connectivity index (χ3n) is 2.15. The first-order valence-electron chi connectivity index (χ1n) is 5.22. The fraction of sp³-hybridized carbons (Fsp3) is 0.455. The number of rotatable bonds is 5. The Bertz CT molecular complexity index is 437. The maximum atomic E-state index is 11.9. The average molecular weight is 306 g/mol. The summed E-state index contributed by atoms with van der Waals surface area (Å²) in [4.78, 5) is 0.315. The van der Waals surface area contributed by atoms with Gasteiger partial charge in [0.1, 0.15) is 0 Å². The van der Waals surface area contributed by atoms with Gasteiger partial charge in [-0.15, -0.1) is 0 Å². The van der Waals surface area contributed by atoms with E-state index in [4.69, 9.17) is 0 Å². The molecule has 1 N–H and O–H groups in total. The van der Waals surface area contributed by atoms with Crippen LogP contribution in [0.5, 0.6) is 0 Å². The molecule has 0 saturated heterocycles. The van der Waals surface area contributed by atoms with Gasteiger partial charge in [0.2, 0.25) is 10.0 Å². The van der Waals surface area contributed by atoms with Crippen LogP contribution in [0.25, 0.3) is 0 Å². The quantitative estimate of drug-likeness (QED) is 0.850. The molecule has 0 aromatic heterocycles. The van der Waals surface area contributed by atoms with Gasteiger partial charge in [0.05, 0.1) is 4.90 Å². The van der Waals surface area contributed by atoms with E-state index in [-0.39, 0.29) is 0 Å². The molecule has 0 aliphatic heterocycles. The summed E-state index contributed by atoms with van der Waals surface area (Å²) in [5, 5.41) is 0. The second-order valence-electron chi connectivity index (χ2n) is 3.72. The summed E-state index contributed by atoms with van der Waals surface area (Å²) in [6.07, 6.45) is 1.83. The van der Waals surface area contributed by atoms with Crippen LogP contribution < -0.4 is 4.72 Å². The fourth-order valence-electron chi connectivity index (χ4n) is 1.32. The molecule has 0 saturated carbocycles. The molecule has 1 rings (SSSR count). The van der Waals surface area contributed by atoms with Crippen molar-refractivity contribution < 1.29 is 8.42 Å². The third-order valence-corrected chi connectivity index (χ3v) is 4.05. The average Bonchev–Trinajstić information content (AvgIpc) is 2.16. The Hall–Kier alpha value is -0.390. The van der Waals surface area contributed by atoms with E-state index in [1.807, 2.05) is 19.9 Å². The predicted molar refractivity (Wildman–Crippen MR) is 69.0 cm³/mol. The number of nitrogens with one attached hydrogen (secondary N) is 1. The smallest absolute Gasteiger partial charge is 0.211 e. The van der Waals surface area contributed by atoms with Gasteiger partial charge in [-0.05, 0) is 37.1 Å². The van der Waals surface area contributed by atoms with Crippen LogP contribution in [0.2, 0.25) is 0 Å². The van der Waals surface area contributed by atoms with Crippen molar-refractivity contribution in [2.75, 3.05) is 6.54 Å². The van der Waals surface area contributed by atoms with Gasteiger partial charge in [-0.3, -0.25) is 0 Å². The van der Waals surface area contributed by atoms with Crippen molar-refractivity contribution in [2.24, 2.45) is 0 Å². The zero-order valence-electron chi connectivity index (χ0n) is 9.46. The van der Waals surface area contributed by atoms with Crippen LogP contribution in [0.4, 0.5) is 0 Å². The SMILES string of the molecule is CCCCNS(=O)(=O)c1cc(C)cc(Br)c1. The molecule has 0 amide bonds. The molecule has 16 heavy (non-hydrogen) atoms. The van der Waals surface area contributed by atoms with Crippen molar-refractivity contribution in [3.05, 3.63) is 28.2 Å². The molecule has 90 valence electrons. The summed E-state index contributed by atoms with van der Waals surface area (Å²) in [6, 6.07) is 5.16. The van der Waals surface area contributed by atoms with Gasteiger partial charge >= 0.3 is 0 Å². The third kappa shape index (κ3) is 3.88. The molecule has 0 bridgehead atoms. The first-order valence-corrected chi connectivity index (χ1v) is 7.50. The molecular weight excluding hydrogens is 290 g/mol. The van der Waals surface area contributed by atoms with Crippen LogP contribution in [-0.4, -0.2) is 15.0 Å². The molecule has 1 aromatic rings. The summed E-state index contributed by atoms with van der Waals surface area (Å²) in [6.45, 7) is 4.39. The Kier molecular flexibility index (Phi) is 4.95. The van der Waals surface area contributed by atoms with E-state index in [0.29, 0.717) is 11.4 Å². The second kappa shape index (κ2) is 5.80. The zero-order valence-corrected chi connectivity index (χ0v) is 11.9. The molecule has 0 fully saturated rings. The van der Waals surface area contributed by atoms with Crippen molar-refractivity contribution in [3.63, 3.8) is 0 Å². The largest absolute Gasteiger partial charge is 0.240 e. The number of benzene rings is 1. The van der Waals surface area contributed by atoms with Gasteiger partial charge in [-0.1, -0.05) is 29.3 Å². The molecule has 0 unspecified atom stereocenters. The lowest BCUT2D eigenvalue weighted by Gasteiger charge is -2.07. The van der Waals surface area contributed by atoms with Gasteiger partial charge in [-0.25, -0.2) is 13.1 Å². The molecule has 1 aromatic carbocycles. The van der Waals surface area contributed by atoms with Gasteiger partial charge in [0, 0.05) is 11.0 Å². The minimum atomic E-state index is -3.36. The molecule has 0 aliphatic rings. The van der Waals surface area contributed by atoms with Crippen LogP contribution in [0, 0.1) is 6.92 Å². The van der Waals surface area contributed by atoms with Crippen LogP contribution >= 0.6 is 15.9 Å². The molecule has 5 heteroatoms. The molecule has 0 spiro atoms. The van der Waals surface area contributed by atoms with Crippen LogP contribution in [0.1, 0.15) is 25.3 Å².